The Hall–Kier alpha value is -0.120. The van der Waals surface area contributed by atoms with E-state index in [-0.39, 0.29) is 0 Å². The highest BCUT2D eigenvalue weighted by molar-refractivity contribution is 4.83. The summed E-state index contributed by atoms with van der Waals surface area (Å²) in [5, 5.41) is 3.52. The van der Waals surface area contributed by atoms with Crippen LogP contribution >= 0.6 is 0 Å². The molecule has 3 nitrogen and oxygen atoms in total. The minimum atomic E-state index is 0.632. The van der Waals surface area contributed by atoms with E-state index in [0.717, 1.165) is 12.0 Å². The van der Waals surface area contributed by atoms with Crippen molar-refractivity contribution in [3.05, 3.63) is 0 Å². The third kappa shape index (κ3) is 4.52. The van der Waals surface area contributed by atoms with Gasteiger partial charge in [0.2, 0.25) is 0 Å². The molecule has 0 saturated carbocycles. The van der Waals surface area contributed by atoms with Crippen molar-refractivity contribution in [1.82, 2.24) is 15.1 Å². The van der Waals surface area contributed by atoms with Gasteiger partial charge >= 0.3 is 0 Å². The molecule has 0 spiro atoms. The van der Waals surface area contributed by atoms with E-state index in [1.165, 1.54) is 45.4 Å². The standard InChI is InChI=1S/C15H33N3/c1-6-13(3)15(16-4)12-18-10-8-9-17(5)11-14(18)7-2/h13-16H,6-12H2,1-5H3. The molecular weight excluding hydrogens is 222 g/mol. The van der Waals surface area contributed by atoms with Crippen molar-refractivity contribution in [2.75, 3.05) is 40.3 Å². The molecule has 1 aliphatic heterocycles. The molecular formula is C15H33N3. The highest BCUT2D eigenvalue weighted by atomic mass is 15.2. The second-order valence-electron chi connectivity index (χ2n) is 5.95. The lowest BCUT2D eigenvalue weighted by atomic mass is 9.98. The molecule has 0 amide bonds. The molecule has 1 fully saturated rings. The van der Waals surface area contributed by atoms with E-state index < -0.39 is 0 Å². The van der Waals surface area contributed by atoms with E-state index in [4.69, 9.17) is 0 Å². The second kappa shape index (κ2) is 8.13. The van der Waals surface area contributed by atoms with E-state index in [1.807, 2.05) is 0 Å². The second-order valence-corrected chi connectivity index (χ2v) is 5.95. The molecule has 0 aromatic heterocycles. The highest BCUT2D eigenvalue weighted by Gasteiger charge is 2.25. The van der Waals surface area contributed by atoms with E-state index >= 15 is 0 Å². The molecule has 0 aromatic rings. The first-order valence-corrected chi connectivity index (χ1v) is 7.72. The van der Waals surface area contributed by atoms with Crippen LogP contribution in [0.1, 0.15) is 40.0 Å². The van der Waals surface area contributed by atoms with Crippen LogP contribution in [0.4, 0.5) is 0 Å². The van der Waals surface area contributed by atoms with Crippen molar-refractivity contribution in [3.8, 4) is 0 Å². The van der Waals surface area contributed by atoms with E-state index in [1.54, 1.807) is 0 Å². The SMILES string of the molecule is CCC(C)C(CN1CCCN(C)CC1CC)NC. The fraction of sp³-hybridized carbons (Fsp3) is 1.00. The Morgan fingerprint density at radius 3 is 2.56 bits per heavy atom. The monoisotopic (exact) mass is 255 g/mol. The molecule has 3 heteroatoms. The molecule has 1 rings (SSSR count). The third-order valence-electron chi connectivity index (χ3n) is 4.63. The number of likely N-dealkylation sites (N-methyl/N-ethyl adjacent to an activating group) is 2. The molecule has 1 saturated heterocycles. The lowest BCUT2D eigenvalue weighted by molar-refractivity contribution is 0.153. The molecule has 3 unspecified atom stereocenters. The summed E-state index contributed by atoms with van der Waals surface area (Å²) >= 11 is 0. The molecule has 1 aliphatic rings. The lowest BCUT2D eigenvalue weighted by Gasteiger charge is -2.35. The number of nitrogens with zero attached hydrogens (tertiary/aromatic N) is 2. The molecule has 0 bridgehead atoms. The van der Waals surface area contributed by atoms with Gasteiger partial charge in [0.05, 0.1) is 0 Å². The zero-order valence-electron chi connectivity index (χ0n) is 13.1. The molecule has 0 aromatic carbocycles. The first-order chi connectivity index (χ1) is 8.62. The fourth-order valence-corrected chi connectivity index (χ4v) is 3.01. The van der Waals surface area contributed by atoms with Crippen LogP contribution < -0.4 is 5.32 Å². The first kappa shape index (κ1) is 15.9. The van der Waals surface area contributed by atoms with Gasteiger partial charge in [-0.1, -0.05) is 27.2 Å². The highest BCUT2D eigenvalue weighted by Crippen LogP contribution is 2.16. The Balaban J connectivity index is 2.60. The van der Waals surface area contributed by atoms with Crippen LogP contribution in [0.5, 0.6) is 0 Å². The summed E-state index contributed by atoms with van der Waals surface area (Å²) in [7, 11) is 4.37. The Bertz CT molecular complexity index is 220. The van der Waals surface area contributed by atoms with Crippen molar-refractivity contribution in [3.63, 3.8) is 0 Å². The minimum Gasteiger partial charge on any atom is -0.315 e. The van der Waals surface area contributed by atoms with Gasteiger partial charge in [0, 0.05) is 25.2 Å². The van der Waals surface area contributed by atoms with Gasteiger partial charge < -0.3 is 10.2 Å². The Labute approximate surface area is 114 Å². The van der Waals surface area contributed by atoms with Gasteiger partial charge in [-0.2, -0.15) is 0 Å². The molecule has 0 radical (unpaired) electrons. The molecule has 108 valence electrons. The lowest BCUT2D eigenvalue weighted by Crippen LogP contribution is -2.48. The average molecular weight is 255 g/mol. The summed E-state index contributed by atoms with van der Waals surface area (Å²) in [6.07, 6.45) is 3.83. The van der Waals surface area contributed by atoms with Gasteiger partial charge in [-0.3, -0.25) is 4.90 Å². The van der Waals surface area contributed by atoms with Gasteiger partial charge in [0.25, 0.3) is 0 Å². The van der Waals surface area contributed by atoms with Gasteiger partial charge in [0.15, 0.2) is 0 Å². The van der Waals surface area contributed by atoms with E-state index in [9.17, 15) is 0 Å². The van der Waals surface area contributed by atoms with Gasteiger partial charge in [0.1, 0.15) is 0 Å². The Morgan fingerprint density at radius 1 is 1.28 bits per heavy atom. The number of hydrogen-bond donors (Lipinski definition) is 1. The molecule has 0 aliphatic carbocycles. The fourth-order valence-electron chi connectivity index (χ4n) is 3.01. The van der Waals surface area contributed by atoms with Crippen LogP contribution in [0.3, 0.4) is 0 Å². The zero-order valence-corrected chi connectivity index (χ0v) is 13.1. The summed E-state index contributed by atoms with van der Waals surface area (Å²) in [6, 6.07) is 1.37. The quantitative estimate of drug-likeness (QED) is 0.783. The van der Waals surface area contributed by atoms with E-state index in [2.05, 4.69) is 50.0 Å². The smallest absolute Gasteiger partial charge is 0.0221 e. The van der Waals surface area contributed by atoms with Gasteiger partial charge in [-0.25, -0.2) is 0 Å². The average Bonchev–Trinajstić information content (AvgIpc) is 2.56. The van der Waals surface area contributed by atoms with Crippen LogP contribution in [-0.2, 0) is 0 Å². The van der Waals surface area contributed by atoms with Gasteiger partial charge in [-0.05, 0) is 45.9 Å². The van der Waals surface area contributed by atoms with Crippen molar-refractivity contribution in [2.24, 2.45) is 5.92 Å². The van der Waals surface area contributed by atoms with Crippen molar-refractivity contribution < 1.29 is 0 Å². The van der Waals surface area contributed by atoms with Crippen LogP contribution in [0.15, 0.2) is 0 Å². The molecule has 1 N–H and O–H groups in total. The zero-order chi connectivity index (χ0) is 13.5. The maximum absolute atomic E-state index is 3.52. The summed E-state index contributed by atoms with van der Waals surface area (Å²) < 4.78 is 0. The summed E-state index contributed by atoms with van der Waals surface area (Å²) in [5.41, 5.74) is 0. The molecule has 1 heterocycles. The largest absolute Gasteiger partial charge is 0.315 e. The predicted octanol–water partition coefficient (Wildman–Crippen LogP) is 2.04. The van der Waals surface area contributed by atoms with Crippen LogP contribution in [0, 0.1) is 5.92 Å². The maximum Gasteiger partial charge on any atom is 0.0221 e. The number of nitrogens with one attached hydrogen (secondary N) is 1. The van der Waals surface area contributed by atoms with E-state index in [0.29, 0.717) is 6.04 Å². The normalized spacial score (nSPS) is 26.8. The van der Waals surface area contributed by atoms with Crippen molar-refractivity contribution >= 4 is 0 Å². The van der Waals surface area contributed by atoms with Crippen LogP contribution in [0.25, 0.3) is 0 Å². The predicted molar refractivity (Wildman–Crippen MR) is 80.1 cm³/mol. The summed E-state index contributed by atoms with van der Waals surface area (Å²) in [6.45, 7) is 11.9. The summed E-state index contributed by atoms with van der Waals surface area (Å²) in [5.74, 6) is 0.758. The summed E-state index contributed by atoms with van der Waals surface area (Å²) in [4.78, 5) is 5.21. The minimum absolute atomic E-state index is 0.632. The van der Waals surface area contributed by atoms with Crippen LogP contribution in [0.2, 0.25) is 0 Å². The first-order valence-electron chi connectivity index (χ1n) is 7.72. The van der Waals surface area contributed by atoms with Crippen molar-refractivity contribution in [2.45, 2.75) is 52.1 Å². The topological polar surface area (TPSA) is 18.5 Å². The maximum atomic E-state index is 3.52. The molecule has 3 atom stereocenters. The molecule has 18 heavy (non-hydrogen) atoms. The third-order valence-corrected chi connectivity index (χ3v) is 4.63. The Morgan fingerprint density at radius 2 is 2.00 bits per heavy atom. The van der Waals surface area contributed by atoms with Gasteiger partial charge in [-0.15, -0.1) is 0 Å². The number of hydrogen-bond acceptors (Lipinski definition) is 3. The number of rotatable bonds is 6. The Kier molecular flexibility index (Phi) is 7.20. The van der Waals surface area contributed by atoms with Crippen LogP contribution in [-0.4, -0.2) is 62.2 Å². The van der Waals surface area contributed by atoms with Crippen molar-refractivity contribution in [1.29, 1.82) is 0 Å².